The van der Waals surface area contributed by atoms with E-state index in [4.69, 9.17) is 4.74 Å². The molecule has 0 radical (unpaired) electrons. The van der Waals surface area contributed by atoms with E-state index in [1.165, 1.54) is 0 Å². The molecule has 0 aromatic carbocycles. The Morgan fingerprint density at radius 2 is 1.96 bits per heavy atom. The Morgan fingerprint density at radius 1 is 1.15 bits per heavy atom. The highest BCUT2D eigenvalue weighted by Gasteiger charge is 2.44. The van der Waals surface area contributed by atoms with Crippen LogP contribution in [0.15, 0.2) is 40.1 Å². The van der Waals surface area contributed by atoms with Crippen molar-refractivity contribution < 1.29 is 20.1 Å². The zero-order valence-corrected chi connectivity index (χ0v) is 13.9. The predicted molar refractivity (Wildman–Crippen MR) is 93.4 cm³/mol. The molecule has 1 saturated heterocycles. The molecular weight excluding hydrogens is 358 g/mol. The van der Waals surface area contributed by atoms with E-state index in [0.29, 0.717) is 5.70 Å². The maximum absolute atomic E-state index is 12.4. The van der Waals surface area contributed by atoms with Crippen molar-refractivity contribution in [3.8, 4) is 0 Å². The second kappa shape index (κ2) is 6.63. The summed E-state index contributed by atoms with van der Waals surface area (Å²) in [5, 5.41) is 32.4. The summed E-state index contributed by atoms with van der Waals surface area (Å²) in [6, 6.07) is 0. The zero-order valence-electron chi connectivity index (χ0n) is 13.9. The average Bonchev–Trinajstić information content (AvgIpc) is 3.07. The number of H-pyrrole nitrogens is 2. The summed E-state index contributed by atoms with van der Waals surface area (Å²) in [6.07, 6.45) is 3.45. The van der Waals surface area contributed by atoms with Gasteiger partial charge in [-0.1, -0.05) is 12.2 Å². The van der Waals surface area contributed by atoms with Crippen molar-refractivity contribution in [3.05, 3.63) is 57.2 Å². The molecule has 2 aliphatic heterocycles. The quantitative estimate of drug-likeness (QED) is 0.360. The lowest BCUT2D eigenvalue weighted by Gasteiger charge is -2.17. The molecule has 2 aromatic heterocycles. The molecule has 2 aliphatic rings. The summed E-state index contributed by atoms with van der Waals surface area (Å²) in [4.78, 5) is 33.9. The van der Waals surface area contributed by atoms with Crippen LogP contribution in [0, 0.1) is 0 Å². The summed E-state index contributed by atoms with van der Waals surface area (Å²) >= 11 is 0. The molecule has 4 rings (SSSR count). The highest BCUT2D eigenvalue weighted by atomic mass is 16.6. The van der Waals surface area contributed by atoms with Gasteiger partial charge in [0.1, 0.15) is 23.8 Å². The first-order valence-corrected chi connectivity index (χ1v) is 8.18. The van der Waals surface area contributed by atoms with Gasteiger partial charge in [0.25, 0.3) is 5.56 Å². The normalized spacial score (nSPS) is 27.6. The molecule has 0 unspecified atom stereocenters. The van der Waals surface area contributed by atoms with E-state index < -0.39 is 42.4 Å². The fraction of sp³-hybridized carbons (Fsp3) is 0.312. The number of ether oxygens (including phenoxy) is 1. The van der Waals surface area contributed by atoms with Crippen LogP contribution in [-0.4, -0.2) is 59.8 Å². The number of aromatic amines is 2. The Balaban J connectivity index is 1.88. The van der Waals surface area contributed by atoms with Gasteiger partial charge in [-0.3, -0.25) is 9.78 Å². The van der Waals surface area contributed by atoms with Gasteiger partial charge < -0.3 is 30.4 Å². The maximum atomic E-state index is 12.4. The van der Waals surface area contributed by atoms with E-state index in [0.717, 1.165) is 4.57 Å². The molecule has 142 valence electrons. The molecule has 27 heavy (non-hydrogen) atoms. The van der Waals surface area contributed by atoms with E-state index in [2.05, 4.69) is 20.3 Å². The van der Waals surface area contributed by atoms with Crippen LogP contribution in [0.2, 0.25) is 0 Å². The van der Waals surface area contributed by atoms with Crippen molar-refractivity contribution in [3.63, 3.8) is 0 Å². The van der Waals surface area contributed by atoms with Crippen LogP contribution in [0.4, 0.5) is 0 Å². The van der Waals surface area contributed by atoms with Gasteiger partial charge in [-0.05, 0) is 12.2 Å². The first kappa shape index (κ1) is 17.4. The third kappa shape index (κ3) is 2.82. The number of nitrogens with zero attached hydrogens (tertiary/aromatic N) is 2. The molecule has 0 saturated carbocycles. The predicted octanol–water partition coefficient (Wildman–Crippen LogP) is -1.96. The molecule has 4 atom stereocenters. The number of hydrogen-bond donors (Lipinski definition) is 6. The summed E-state index contributed by atoms with van der Waals surface area (Å²) in [6.45, 7) is -0.544. The van der Waals surface area contributed by atoms with Crippen molar-refractivity contribution in [1.82, 2.24) is 24.8 Å². The van der Waals surface area contributed by atoms with Gasteiger partial charge in [0.2, 0.25) is 0 Å². The molecule has 1 fully saturated rings. The molecule has 0 bridgehead atoms. The van der Waals surface area contributed by atoms with Crippen LogP contribution in [0.5, 0.6) is 0 Å². The van der Waals surface area contributed by atoms with E-state index >= 15 is 0 Å². The van der Waals surface area contributed by atoms with Crippen molar-refractivity contribution >= 4 is 16.9 Å². The Bertz CT molecular complexity index is 1080. The number of hydrogen-bond acceptors (Lipinski definition) is 8. The Kier molecular flexibility index (Phi) is 4.28. The Labute approximate surface area is 150 Å². The lowest BCUT2D eigenvalue weighted by Crippen LogP contribution is -2.38. The molecule has 6 N–H and O–H groups in total. The minimum atomic E-state index is -1.49. The lowest BCUT2D eigenvalue weighted by molar-refractivity contribution is -0.0530. The van der Waals surface area contributed by atoms with Crippen molar-refractivity contribution in [1.29, 1.82) is 0 Å². The third-order valence-electron chi connectivity index (χ3n) is 4.43. The summed E-state index contributed by atoms with van der Waals surface area (Å²) in [7, 11) is 0. The van der Waals surface area contributed by atoms with Crippen LogP contribution >= 0.6 is 0 Å². The van der Waals surface area contributed by atoms with Crippen LogP contribution in [0.1, 0.15) is 12.1 Å². The molecule has 0 aliphatic carbocycles. The van der Waals surface area contributed by atoms with E-state index in [-0.39, 0.29) is 17.0 Å². The number of aliphatic hydroxyl groups excluding tert-OH is 3. The van der Waals surface area contributed by atoms with Gasteiger partial charge in [0, 0.05) is 6.20 Å². The molecule has 0 spiro atoms. The van der Waals surface area contributed by atoms with E-state index in [1.54, 1.807) is 30.5 Å². The van der Waals surface area contributed by atoms with Crippen molar-refractivity contribution in [2.24, 2.45) is 0 Å². The number of rotatable bonds is 3. The van der Waals surface area contributed by atoms with Gasteiger partial charge in [-0.25, -0.2) is 14.3 Å². The van der Waals surface area contributed by atoms with Gasteiger partial charge in [-0.15, -0.1) is 0 Å². The summed E-state index contributed by atoms with van der Waals surface area (Å²) in [5.41, 5.74) is -1.04. The van der Waals surface area contributed by atoms with Crippen LogP contribution in [0.25, 0.3) is 16.9 Å². The van der Waals surface area contributed by atoms with Crippen LogP contribution in [0.3, 0.4) is 0 Å². The fourth-order valence-electron chi connectivity index (χ4n) is 3.07. The standard InChI is InChI=1S/C16H17N5O6/c22-6-8-10(23)11(24)15(27-8)21-13-9(14(25)20-16(21)26)18-12(19-13)7-4-2-1-3-5-17-7/h1-5,8,10-11,15,17,22-24H,6H2,(H,18,19)(H,20,25,26)/t8-,10-,11-,15-/m1/s1. The van der Waals surface area contributed by atoms with Gasteiger partial charge >= 0.3 is 5.69 Å². The second-order valence-corrected chi connectivity index (χ2v) is 6.11. The van der Waals surface area contributed by atoms with E-state index in [9.17, 15) is 24.9 Å². The number of nitrogens with one attached hydrogen (secondary N) is 3. The van der Waals surface area contributed by atoms with Gasteiger partial charge in [-0.2, -0.15) is 0 Å². The summed E-state index contributed by atoms with van der Waals surface area (Å²) in [5.74, 6) is 0.290. The average molecular weight is 375 g/mol. The molecule has 2 aromatic rings. The number of imidazole rings is 1. The molecule has 11 nitrogen and oxygen atoms in total. The molecule has 4 heterocycles. The Hall–Kier alpha value is -2.99. The largest absolute Gasteiger partial charge is 0.394 e. The second-order valence-electron chi connectivity index (χ2n) is 6.11. The number of allylic oxidation sites excluding steroid dienone is 4. The third-order valence-corrected chi connectivity index (χ3v) is 4.43. The Morgan fingerprint density at radius 3 is 2.70 bits per heavy atom. The number of aliphatic hydroxyl groups is 3. The van der Waals surface area contributed by atoms with Crippen molar-refractivity contribution in [2.75, 3.05) is 6.61 Å². The van der Waals surface area contributed by atoms with Gasteiger partial charge in [0.15, 0.2) is 17.7 Å². The van der Waals surface area contributed by atoms with Gasteiger partial charge in [0.05, 0.1) is 12.3 Å². The highest BCUT2D eigenvalue weighted by Crippen LogP contribution is 2.29. The topological polar surface area (TPSA) is 165 Å². The highest BCUT2D eigenvalue weighted by molar-refractivity contribution is 5.75. The first-order valence-electron chi connectivity index (χ1n) is 8.18. The first-order chi connectivity index (χ1) is 13.0. The zero-order chi connectivity index (χ0) is 19.1. The molecule has 11 heteroatoms. The summed E-state index contributed by atoms with van der Waals surface area (Å²) < 4.78 is 6.36. The van der Waals surface area contributed by atoms with E-state index in [1.807, 2.05) is 0 Å². The SMILES string of the molecule is O=c1[nH]c(=O)n([C@@H]2O[C@H](CO)[C@@H](O)[C@H]2O)c2nc(C3=CC=CC=CN3)[nH]c12. The van der Waals surface area contributed by atoms with Crippen LogP contribution in [-0.2, 0) is 4.74 Å². The van der Waals surface area contributed by atoms with Crippen LogP contribution < -0.4 is 16.6 Å². The van der Waals surface area contributed by atoms with Crippen molar-refractivity contribution in [2.45, 2.75) is 24.5 Å². The molecule has 0 amide bonds. The fourth-order valence-corrected chi connectivity index (χ4v) is 3.07. The number of aromatic nitrogens is 4. The maximum Gasteiger partial charge on any atom is 0.332 e. The lowest BCUT2D eigenvalue weighted by atomic mass is 10.1. The minimum Gasteiger partial charge on any atom is -0.394 e. The monoisotopic (exact) mass is 375 g/mol. The minimum absolute atomic E-state index is 0.00208. The smallest absolute Gasteiger partial charge is 0.332 e. The molecular formula is C16H17N5O6. The number of fused-ring (bicyclic) bond motifs is 1.